The highest BCUT2D eigenvalue weighted by molar-refractivity contribution is 6.57. The molecule has 0 bridgehead atoms. The number of nitrogens with one attached hydrogen (secondary N) is 3. The monoisotopic (exact) mass is 350 g/mol. The lowest BCUT2D eigenvalue weighted by atomic mass is 9.85. The van der Waals surface area contributed by atoms with Crippen molar-refractivity contribution in [3.8, 4) is 0 Å². The number of likely N-dealkylation sites (tertiary alicyclic amines) is 1. The summed E-state index contributed by atoms with van der Waals surface area (Å²) in [6.45, 7) is 10.3. The van der Waals surface area contributed by atoms with Gasteiger partial charge in [0.05, 0.1) is 6.04 Å². The van der Waals surface area contributed by atoms with Gasteiger partial charge in [-0.3, -0.25) is 14.5 Å². The predicted molar refractivity (Wildman–Crippen MR) is 103 cm³/mol. The minimum Gasteiger partial charge on any atom is -0.361 e. The second kappa shape index (κ2) is 8.08. The smallest absolute Gasteiger partial charge is 0.237 e. The predicted octanol–water partition coefficient (Wildman–Crippen LogP) is 0.321. The van der Waals surface area contributed by atoms with E-state index in [-0.39, 0.29) is 35.3 Å². The van der Waals surface area contributed by atoms with Crippen molar-refractivity contribution in [2.24, 2.45) is 11.3 Å². The molecule has 142 valence electrons. The van der Waals surface area contributed by atoms with Crippen molar-refractivity contribution >= 4 is 19.6 Å². The maximum atomic E-state index is 12.4. The maximum Gasteiger partial charge on any atom is 0.237 e. The van der Waals surface area contributed by atoms with E-state index in [0.29, 0.717) is 12.0 Å². The number of hydrogen-bond acceptors (Lipinski definition) is 4. The van der Waals surface area contributed by atoms with E-state index in [4.69, 9.17) is 0 Å². The standard InChI is InChI=1S/C18H35BN4O2/c1-11(20-5)16(24)22-14(18(2,3)4)10-23-9-8-12-6-7-13(15(12)23)21-17(19)25/h11-15,20H,6-10,19H2,1-5H3,(H,21,25)(H,22,24)/t11-,12+,13-,14?,15-/m0/s1. The molecule has 7 heteroatoms. The van der Waals surface area contributed by atoms with Gasteiger partial charge in [-0.15, -0.1) is 0 Å². The zero-order chi connectivity index (χ0) is 18.8. The molecule has 0 aromatic carbocycles. The van der Waals surface area contributed by atoms with Crippen molar-refractivity contribution in [3.05, 3.63) is 0 Å². The van der Waals surface area contributed by atoms with Crippen molar-refractivity contribution in [2.45, 2.75) is 71.1 Å². The fourth-order valence-corrected chi connectivity index (χ4v) is 4.24. The van der Waals surface area contributed by atoms with E-state index >= 15 is 0 Å². The maximum absolute atomic E-state index is 12.4. The lowest BCUT2D eigenvalue weighted by Gasteiger charge is -2.38. The summed E-state index contributed by atoms with van der Waals surface area (Å²) < 4.78 is 0. The summed E-state index contributed by atoms with van der Waals surface area (Å²) in [7, 11) is 3.40. The lowest BCUT2D eigenvalue weighted by Crippen LogP contribution is -2.57. The van der Waals surface area contributed by atoms with Crippen LogP contribution in [0.4, 0.5) is 4.79 Å². The summed E-state index contributed by atoms with van der Waals surface area (Å²) in [4.78, 5) is 26.4. The largest absolute Gasteiger partial charge is 0.361 e. The minimum atomic E-state index is -0.199. The first-order valence-electron chi connectivity index (χ1n) is 9.62. The number of nitrogens with zero attached hydrogens (tertiary/aromatic N) is 1. The van der Waals surface area contributed by atoms with Crippen LogP contribution in [0.5, 0.6) is 0 Å². The summed E-state index contributed by atoms with van der Waals surface area (Å²) in [5.74, 6) is 0.772. The molecule has 1 saturated carbocycles. The fourth-order valence-electron chi connectivity index (χ4n) is 4.24. The van der Waals surface area contributed by atoms with Crippen LogP contribution in [-0.2, 0) is 4.79 Å². The van der Waals surface area contributed by atoms with Gasteiger partial charge in [0.25, 0.3) is 0 Å². The van der Waals surface area contributed by atoms with Crippen LogP contribution >= 0.6 is 0 Å². The van der Waals surface area contributed by atoms with Gasteiger partial charge in [-0.1, -0.05) is 20.8 Å². The molecule has 6 nitrogen and oxygen atoms in total. The molecule has 0 aromatic heterocycles. The summed E-state index contributed by atoms with van der Waals surface area (Å²) in [6.07, 6.45) is 3.45. The molecule has 2 amide bonds. The molecule has 0 radical (unpaired) electrons. The Kier molecular flexibility index (Phi) is 6.54. The average molecular weight is 350 g/mol. The Morgan fingerprint density at radius 3 is 2.48 bits per heavy atom. The SMILES string of the molecule is BC(=O)N[C@H]1CC[C@@H]2CCN(CC(NC(=O)[C@H](C)NC)C(C)(C)C)[C@@H]21. The zero-order valence-corrected chi connectivity index (χ0v) is 16.7. The molecule has 1 aliphatic heterocycles. The van der Waals surface area contributed by atoms with Crippen LogP contribution in [-0.4, -0.2) is 68.8 Å². The van der Waals surface area contributed by atoms with Gasteiger partial charge in [-0.05, 0) is 51.1 Å². The highest BCUT2D eigenvalue weighted by atomic mass is 16.2. The van der Waals surface area contributed by atoms with Crippen molar-refractivity contribution in [2.75, 3.05) is 20.1 Å². The summed E-state index contributed by atoms with van der Waals surface area (Å²) in [6, 6.07) is 0.535. The van der Waals surface area contributed by atoms with Gasteiger partial charge in [0, 0.05) is 24.7 Å². The number of fused-ring (bicyclic) bond motifs is 1. The molecule has 0 spiro atoms. The van der Waals surface area contributed by atoms with Crippen LogP contribution in [0.25, 0.3) is 0 Å². The Labute approximate surface area is 153 Å². The van der Waals surface area contributed by atoms with Gasteiger partial charge >= 0.3 is 0 Å². The molecule has 0 aromatic rings. The normalized spacial score (nSPS) is 29.1. The number of likely N-dealkylation sites (N-methyl/N-ethyl adjacent to an activating group) is 1. The molecule has 1 unspecified atom stereocenters. The van der Waals surface area contributed by atoms with E-state index in [2.05, 4.69) is 41.6 Å². The molecule has 1 aliphatic carbocycles. The first-order valence-corrected chi connectivity index (χ1v) is 9.62. The quantitative estimate of drug-likeness (QED) is 0.604. The summed E-state index contributed by atoms with van der Waals surface area (Å²) in [5, 5.41) is 9.39. The van der Waals surface area contributed by atoms with Crippen molar-refractivity contribution in [1.82, 2.24) is 20.9 Å². The Bertz CT molecular complexity index is 494. The van der Waals surface area contributed by atoms with E-state index in [1.165, 1.54) is 12.8 Å². The van der Waals surface area contributed by atoms with Gasteiger partial charge in [0.1, 0.15) is 0 Å². The molecule has 2 aliphatic rings. The second-order valence-corrected chi connectivity index (χ2v) is 8.86. The number of carbonyl (C=O) groups excluding carboxylic acids is 2. The lowest BCUT2D eigenvalue weighted by molar-refractivity contribution is -0.124. The number of rotatable bonds is 6. The van der Waals surface area contributed by atoms with E-state index < -0.39 is 0 Å². The van der Waals surface area contributed by atoms with Crippen molar-refractivity contribution in [3.63, 3.8) is 0 Å². The average Bonchev–Trinajstić information content (AvgIpc) is 3.08. The number of hydrogen-bond donors (Lipinski definition) is 3. The van der Waals surface area contributed by atoms with Crippen molar-refractivity contribution in [1.29, 1.82) is 0 Å². The Morgan fingerprint density at radius 1 is 1.24 bits per heavy atom. The second-order valence-electron chi connectivity index (χ2n) is 8.86. The highest BCUT2D eigenvalue weighted by Gasteiger charge is 2.45. The van der Waals surface area contributed by atoms with Crippen LogP contribution in [0, 0.1) is 11.3 Å². The third kappa shape index (κ3) is 4.97. The Morgan fingerprint density at radius 2 is 1.92 bits per heavy atom. The zero-order valence-electron chi connectivity index (χ0n) is 16.7. The van der Waals surface area contributed by atoms with E-state index in [1.54, 1.807) is 14.9 Å². The van der Waals surface area contributed by atoms with Gasteiger partial charge in [0.2, 0.25) is 13.8 Å². The van der Waals surface area contributed by atoms with Crippen LogP contribution in [0.2, 0.25) is 0 Å². The third-order valence-electron chi connectivity index (χ3n) is 5.95. The van der Waals surface area contributed by atoms with Gasteiger partial charge in [-0.25, -0.2) is 0 Å². The van der Waals surface area contributed by atoms with Gasteiger partial charge < -0.3 is 16.0 Å². The molecule has 1 saturated heterocycles. The Hall–Kier alpha value is -1.08. The highest BCUT2D eigenvalue weighted by Crippen LogP contribution is 2.38. The van der Waals surface area contributed by atoms with Gasteiger partial charge in [-0.2, -0.15) is 0 Å². The van der Waals surface area contributed by atoms with Crippen LogP contribution in [0.1, 0.15) is 47.0 Å². The summed E-state index contributed by atoms with van der Waals surface area (Å²) >= 11 is 0. The van der Waals surface area contributed by atoms with E-state index in [9.17, 15) is 9.59 Å². The van der Waals surface area contributed by atoms with Crippen LogP contribution in [0.15, 0.2) is 0 Å². The Balaban J connectivity index is 2.07. The first kappa shape index (κ1) is 20.2. The third-order valence-corrected chi connectivity index (χ3v) is 5.95. The number of carbonyl (C=O) groups is 2. The minimum absolute atomic E-state index is 0.0245. The van der Waals surface area contributed by atoms with E-state index in [0.717, 1.165) is 19.5 Å². The molecule has 2 fully saturated rings. The van der Waals surface area contributed by atoms with Gasteiger partial charge in [0.15, 0.2) is 5.81 Å². The molecular formula is C18H35BN4O2. The molecule has 1 heterocycles. The van der Waals surface area contributed by atoms with E-state index in [1.807, 2.05) is 6.92 Å². The first-order chi connectivity index (χ1) is 11.6. The topological polar surface area (TPSA) is 73.5 Å². The fraction of sp³-hybridized carbons (Fsp3) is 0.889. The number of amides is 2. The van der Waals surface area contributed by atoms with Crippen LogP contribution < -0.4 is 16.0 Å². The van der Waals surface area contributed by atoms with Crippen molar-refractivity contribution < 1.29 is 9.59 Å². The molecule has 5 atom stereocenters. The van der Waals surface area contributed by atoms with Crippen LogP contribution in [0.3, 0.4) is 0 Å². The molecule has 25 heavy (non-hydrogen) atoms. The molecular weight excluding hydrogens is 315 g/mol. The molecule has 3 N–H and O–H groups in total. The molecule has 2 rings (SSSR count). The summed E-state index contributed by atoms with van der Waals surface area (Å²) in [5.41, 5.74) is -0.0245.